The molecule has 1 N–H and O–H groups in total. The average molecular weight is 374 g/mol. The van der Waals surface area contributed by atoms with E-state index in [1.165, 1.54) is 32.4 Å². The van der Waals surface area contributed by atoms with E-state index in [-0.39, 0.29) is 6.03 Å². The van der Waals surface area contributed by atoms with Gasteiger partial charge in [-0.15, -0.1) is 0 Å². The summed E-state index contributed by atoms with van der Waals surface area (Å²) in [5.74, 6) is 0.830. The highest BCUT2D eigenvalue weighted by Gasteiger charge is 2.37. The number of benzene rings is 1. The van der Waals surface area contributed by atoms with Gasteiger partial charge in [-0.05, 0) is 89.2 Å². The third kappa shape index (κ3) is 4.75. The van der Waals surface area contributed by atoms with Gasteiger partial charge in [0.05, 0.1) is 12.6 Å². The average Bonchev–Trinajstić information content (AvgIpc) is 2.84. The lowest BCUT2D eigenvalue weighted by atomic mass is 9.73. The predicted octanol–water partition coefficient (Wildman–Crippen LogP) is 3.84. The molecule has 2 aliphatic heterocycles. The van der Waals surface area contributed by atoms with Gasteiger partial charge in [-0.1, -0.05) is 12.1 Å². The lowest BCUT2D eigenvalue weighted by Gasteiger charge is -2.42. The number of hydrogen-bond donors (Lipinski definition) is 1. The van der Waals surface area contributed by atoms with Gasteiger partial charge in [0.25, 0.3) is 0 Å². The molecule has 5 nitrogen and oxygen atoms in total. The number of hydrogen-bond acceptors (Lipinski definition) is 3. The van der Waals surface area contributed by atoms with Crippen LogP contribution in [0, 0.1) is 5.41 Å². The lowest BCUT2D eigenvalue weighted by Crippen LogP contribution is -2.52. The molecular weight excluding hydrogens is 338 g/mol. The fourth-order valence-corrected chi connectivity index (χ4v) is 4.50. The van der Waals surface area contributed by atoms with E-state index in [4.69, 9.17) is 4.74 Å². The van der Waals surface area contributed by atoms with Crippen molar-refractivity contribution in [3.8, 4) is 5.75 Å². The minimum Gasteiger partial charge on any atom is -0.497 e. The summed E-state index contributed by atoms with van der Waals surface area (Å²) in [6, 6.07) is 7.98. The van der Waals surface area contributed by atoms with Gasteiger partial charge in [0.2, 0.25) is 0 Å². The molecule has 0 aromatic heterocycles. The highest BCUT2D eigenvalue weighted by Crippen LogP contribution is 2.41. The third-order valence-electron chi connectivity index (χ3n) is 6.61. The highest BCUT2D eigenvalue weighted by molar-refractivity contribution is 5.75. The molecule has 27 heavy (non-hydrogen) atoms. The van der Waals surface area contributed by atoms with Gasteiger partial charge in [0.15, 0.2) is 0 Å². The van der Waals surface area contributed by atoms with Crippen LogP contribution in [0.3, 0.4) is 0 Å². The highest BCUT2D eigenvalue weighted by atomic mass is 16.5. The maximum Gasteiger partial charge on any atom is 0.318 e. The number of methoxy groups -OCH3 is 1. The van der Waals surface area contributed by atoms with Gasteiger partial charge >= 0.3 is 6.03 Å². The lowest BCUT2D eigenvalue weighted by molar-refractivity contribution is 0.0994. The smallest absolute Gasteiger partial charge is 0.318 e. The molecule has 2 fully saturated rings. The van der Waals surface area contributed by atoms with Crippen LogP contribution in [-0.2, 0) is 5.54 Å². The van der Waals surface area contributed by atoms with E-state index >= 15 is 0 Å². The Balaban J connectivity index is 1.57. The van der Waals surface area contributed by atoms with Gasteiger partial charge in [0, 0.05) is 13.1 Å². The van der Waals surface area contributed by atoms with Crippen molar-refractivity contribution in [2.45, 2.75) is 51.5 Å². The molecule has 0 radical (unpaired) electrons. The topological polar surface area (TPSA) is 44.8 Å². The Hall–Kier alpha value is -1.75. The molecule has 2 amide bonds. The first-order chi connectivity index (χ1) is 12.8. The third-order valence-corrected chi connectivity index (χ3v) is 6.61. The summed E-state index contributed by atoms with van der Waals surface area (Å²) in [7, 11) is 3.89. The van der Waals surface area contributed by atoms with E-state index in [2.05, 4.69) is 31.1 Å². The minimum absolute atomic E-state index is 0.0522. The number of urea groups is 1. The molecule has 1 spiro atoms. The minimum atomic E-state index is -0.413. The number of carbonyl (C=O) groups is 1. The van der Waals surface area contributed by atoms with Crippen LogP contribution in [0.25, 0.3) is 0 Å². The van der Waals surface area contributed by atoms with E-state index < -0.39 is 5.54 Å². The molecule has 0 aliphatic carbocycles. The summed E-state index contributed by atoms with van der Waals surface area (Å²) in [5.41, 5.74) is 1.12. The summed E-state index contributed by atoms with van der Waals surface area (Å²) >= 11 is 0. The van der Waals surface area contributed by atoms with Crippen molar-refractivity contribution in [1.82, 2.24) is 15.1 Å². The Bertz CT molecular complexity index is 633. The predicted molar refractivity (Wildman–Crippen MR) is 109 cm³/mol. The Morgan fingerprint density at radius 1 is 1.04 bits per heavy atom. The number of likely N-dealkylation sites (tertiary alicyclic amines) is 2. The summed E-state index contributed by atoms with van der Waals surface area (Å²) in [4.78, 5) is 17.3. The van der Waals surface area contributed by atoms with Crippen molar-refractivity contribution in [2.24, 2.45) is 5.41 Å². The molecule has 2 heterocycles. The van der Waals surface area contributed by atoms with Crippen LogP contribution in [0.4, 0.5) is 4.79 Å². The van der Waals surface area contributed by atoms with E-state index in [9.17, 15) is 4.79 Å². The summed E-state index contributed by atoms with van der Waals surface area (Å²) in [6.07, 6.45) is 6.14. The molecule has 2 saturated heterocycles. The molecule has 0 saturated carbocycles. The van der Waals surface area contributed by atoms with Crippen molar-refractivity contribution in [3.63, 3.8) is 0 Å². The number of nitrogens with one attached hydrogen (secondary N) is 1. The fraction of sp³-hybridized carbons (Fsp3) is 0.682. The number of piperidine rings is 1. The molecule has 2 aliphatic rings. The van der Waals surface area contributed by atoms with Crippen LogP contribution in [0.2, 0.25) is 0 Å². The van der Waals surface area contributed by atoms with Crippen LogP contribution in [-0.4, -0.2) is 56.2 Å². The van der Waals surface area contributed by atoms with Crippen molar-refractivity contribution in [3.05, 3.63) is 29.8 Å². The monoisotopic (exact) mass is 373 g/mol. The van der Waals surface area contributed by atoms with Gasteiger partial charge in [0.1, 0.15) is 5.75 Å². The van der Waals surface area contributed by atoms with Gasteiger partial charge in [-0.2, -0.15) is 0 Å². The van der Waals surface area contributed by atoms with Crippen LogP contribution in [0.5, 0.6) is 5.75 Å². The number of rotatable bonds is 3. The zero-order chi connectivity index (χ0) is 19.5. The summed E-state index contributed by atoms with van der Waals surface area (Å²) in [6.45, 7) is 8.25. The molecule has 0 atom stereocenters. The van der Waals surface area contributed by atoms with E-state index in [0.29, 0.717) is 5.41 Å². The Morgan fingerprint density at radius 3 is 2.30 bits per heavy atom. The summed E-state index contributed by atoms with van der Waals surface area (Å²) < 4.78 is 5.23. The number of nitrogens with zero attached hydrogens (tertiary/aromatic N) is 2. The Labute approximate surface area is 164 Å². The van der Waals surface area contributed by atoms with Gasteiger partial charge in [-0.25, -0.2) is 4.79 Å². The maximum atomic E-state index is 12.9. The summed E-state index contributed by atoms with van der Waals surface area (Å²) in [5, 5.41) is 3.23. The van der Waals surface area contributed by atoms with Crippen molar-refractivity contribution in [2.75, 3.05) is 40.3 Å². The second-order valence-electron chi connectivity index (χ2n) is 8.93. The fourth-order valence-electron chi connectivity index (χ4n) is 4.50. The van der Waals surface area contributed by atoms with Gasteiger partial charge in [-0.3, -0.25) is 0 Å². The number of amides is 2. The van der Waals surface area contributed by atoms with Crippen LogP contribution >= 0.6 is 0 Å². The Kier molecular flexibility index (Phi) is 5.99. The van der Waals surface area contributed by atoms with Crippen LogP contribution < -0.4 is 10.1 Å². The first-order valence-corrected chi connectivity index (χ1v) is 10.2. The van der Waals surface area contributed by atoms with Crippen molar-refractivity contribution in [1.29, 1.82) is 0 Å². The van der Waals surface area contributed by atoms with E-state index in [0.717, 1.165) is 37.2 Å². The van der Waals surface area contributed by atoms with Crippen LogP contribution in [0.15, 0.2) is 24.3 Å². The van der Waals surface area contributed by atoms with Crippen LogP contribution in [0.1, 0.15) is 51.5 Å². The second-order valence-corrected chi connectivity index (χ2v) is 8.93. The normalized spacial score (nSPS) is 21.0. The van der Waals surface area contributed by atoms with Crippen molar-refractivity contribution < 1.29 is 9.53 Å². The molecule has 1 aromatic rings. The molecule has 150 valence electrons. The molecule has 1 aromatic carbocycles. The standard InChI is InChI=1S/C22H35N3O2/c1-21(2,18-6-8-19(27-4)9-7-18)23-20(26)25-16-12-22(13-17-25)10-5-14-24(3)15-11-22/h6-9H,5,10-17H2,1-4H3,(H,23,26). The quantitative estimate of drug-likeness (QED) is 0.876. The number of ether oxygens (including phenoxy) is 1. The molecule has 0 bridgehead atoms. The molecule has 3 rings (SSSR count). The molecule has 0 unspecified atom stereocenters. The van der Waals surface area contributed by atoms with E-state index in [1.54, 1.807) is 7.11 Å². The Morgan fingerprint density at radius 2 is 1.67 bits per heavy atom. The second kappa shape index (κ2) is 8.09. The van der Waals surface area contributed by atoms with Crippen molar-refractivity contribution >= 4 is 6.03 Å². The zero-order valence-corrected chi connectivity index (χ0v) is 17.4. The maximum absolute atomic E-state index is 12.9. The first-order valence-electron chi connectivity index (χ1n) is 10.2. The zero-order valence-electron chi connectivity index (χ0n) is 17.4. The largest absolute Gasteiger partial charge is 0.497 e. The molecule has 5 heteroatoms. The van der Waals surface area contributed by atoms with E-state index in [1.807, 2.05) is 29.2 Å². The first kappa shape index (κ1) is 20.0. The number of carbonyl (C=O) groups excluding carboxylic acids is 1. The molecular formula is C22H35N3O2. The van der Waals surface area contributed by atoms with Gasteiger partial charge < -0.3 is 19.9 Å². The SMILES string of the molecule is COc1ccc(C(C)(C)NC(=O)N2CCC3(CCCN(C)CC3)CC2)cc1.